The molecule has 6 heteroatoms. The molecule has 1 rings (SSSR count). The van der Waals surface area contributed by atoms with Crippen LogP contribution in [0.1, 0.15) is 18.1 Å². The summed E-state index contributed by atoms with van der Waals surface area (Å²) in [6.07, 6.45) is -4.44. The summed E-state index contributed by atoms with van der Waals surface area (Å²) in [4.78, 5) is 11.7. The highest BCUT2D eigenvalue weighted by molar-refractivity contribution is 5.79. The highest BCUT2D eigenvalue weighted by Gasteiger charge is 2.33. The molecule has 1 unspecified atom stereocenters. The van der Waals surface area contributed by atoms with Gasteiger partial charge in [0.15, 0.2) is 0 Å². The Hall–Kier alpha value is -1.56. The Morgan fingerprint density at radius 2 is 2.00 bits per heavy atom. The lowest BCUT2D eigenvalue weighted by atomic mass is 9.94. The van der Waals surface area contributed by atoms with Crippen molar-refractivity contribution in [3.05, 3.63) is 35.4 Å². The van der Waals surface area contributed by atoms with Gasteiger partial charge in [0.25, 0.3) is 0 Å². The van der Waals surface area contributed by atoms with Crippen LogP contribution in [0.5, 0.6) is 0 Å². The molecule has 3 N–H and O–H groups in total. The summed E-state index contributed by atoms with van der Waals surface area (Å²) in [6.45, 7) is 2.18. The smallest absolute Gasteiger partial charge is 0.356 e. The molecule has 0 aliphatic heterocycles. The van der Waals surface area contributed by atoms with Gasteiger partial charge in [-0.05, 0) is 25.0 Å². The second-order valence-corrected chi connectivity index (χ2v) is 4.19. The number of rotatable bonds is 5. The Labute approximate surface area is 110 Å². The fraction of sp³-hybridized carbons (Fsp3) is 0.462. The lowest BCUT2D eigenvalue weighted by Crippen LogP contribution is -2.36. The van der Waals surface area contributed by atoms with Crippen LogP contribution in [0.4, 0.5) is 13.2 Å². The zero-order chi connectivity index (χ0) is 14.5. The van der Waals surface area contributed by atoms with Gasteiger partial charge >= 0.3 is 6.18 Å². The molecule has 1 aromatic rings. The first-order valence-corrected chi connectivity index (χ1v) is 6.03. The normalized spacial score (nSPS) is 13.1. The highest BCUT2D eigenvalue weighted by Crippen LogP contribution is 2.32. The molecule has 1 atom stereocenters. The Balaban J connectivity index is 2.95. The molecule has 3 nitrogen and oxygen atoms in total. The van der Waals surface area contributed by atoms with Crippen molar-refractivity contribution in [2.75, 3.05) is 13.1 Å². The van der Waals surface area contributed by atoms with E-state index in [4.69, 9.17) is 5.73 Å². The number of nitrogens with two attached hydrogens (primary N) is 1. The maximum atomic E-state index is 12.8. The molecule has 0 fully saturated rings. The summed E-state index contributed by atoms with van der Waals surface area (Å²) in [6, 6.07) is 5.25. The first-order valence-electron chi connectivity index (χ1n) is 6.03. The SMILES string of the molecule is CCNC(=O)C(CN)Cc1ccccc1C(F)(F)F. The van der Waals surface area contributed by atoms with Crippen molar-refractivity contribution in [2.45, 2.75) is 19.5 Å². The van der Waals surface area contributed by atoms with E-state index in [9.17, 15) is 18.0 Å². The van der Waals surface area contributed by atoms with Crippen LogP contribution in [0.25, 0.3) is 0 Å². The van der Waals surface area contributed by atoms with Gasteiger partial charge in [-0.3, -0.25) is 4.79 Å². The molecule has 0 saturated heterocycles. The van der Waals surface area contributed by atoms with Gasteiger partial charge in [-0.15, -0.1) is 0 Å². The number of alkyl halides is 3. The quantitative estimate of drug-likeness (QED) is 0.862. The number of carbonyl (C=O) groups excluding carboxylic acids is 1. The minimum absolute atomic E-state index is 0.0119. The van der Waals surface area contributed by atoms with Crippen molar-refractivity contribution in [3.63, 3.8) is 0 Å². The molecule has 0 saturated carbocycles. The second kappa shape index (κ2) is 6.56. The van der Waals surface area contributed by atoms with Gasteiger partial charge in [-0.2, -0.15) is 13.2 Å². The van der Waals surface area contributed by atoms with Crippen LogP contribution in [-0.4, -0.2) is 19.0 Å². The number of halogens is 3. The van der Waals surface area contributed by atoms with E-state index >= 15 is 0 Å². The van der Waals surface area contributed by atoms with Crippen molar-refractivity contribution < 1.29 is 18.0 Å². The lowest BCUT2D eigenvalue weighted by molar-refractivity contribution is -0.138. The van der Waals surface area contributed by atoms with E-state index in [2.05, 4.69) is 5.32 Å². The van der Waals surface area contributed by atoms with Crippen molar-refractivity contribution in [1.82, 2.24) is 5.32 Å². The van der Waals surface area contributed by atoms with Crippen LogP contribution in [0.15, 0.2) is 24.3 Å². The van der Waals surface area contributed by atoms with Crippen molar-refractivity contribution in [2.24, 2.45) is 11.7 Å². The summed E-state index contributed by atoms with van der Waals surface area (Å²) in [7, 11) is 0. The van der Waals surface area contributed by atoms with Crippen molar-refractivity contribution >= 4 is 5.91 Å². The summed E-state index contributed by atoms with van der Waals surface area (Å²) in [5.74, 6) is -0.967. The zero-order valence-corrected chi connectivity index (χ0v) is 10.6. The van der Waals surface area contributed by atoms with E-state index in [-0.39, 0.29) is 24.4 Å². The van der Waals surface area contributed by atoms with E-state index in [0.29, 0.717) is 6.54 Å². The van der Waals surface area contributed by atoms with Gasteiger partial charge in [-0.1, -0.05) is 18.2 Å². The Morgan fingerprint density at radius 3 is 2.53 bits per heavy atom. The van der Waals surface area contributed by atoms with E-state index in [1.165, 1.54) is 18.2 Å². The highest BCUT2D eigenvalue weighted by atomic mass is 19.4. The van der Waals surface area contributed by atoms with Gasteiger partial charge in [0, 0.05) is 13.1 Å². The zero-order valence-electron chi connectivity index (χ0n) is 10.6. The van der Waals surface area contributed by atoms with Gasteiger partial charge in [0.1, 0.15) is 0 Å². The first kappa shape index (κ1) is 15.5. The number of carbonyl (C=O) groups is 1. The van der Waals surface area contributed by atoms with Gasteiger partial charge in [0.2, 0.25) is 5.91 Å². The van der Waals surface area contributed by atoms with Crippen molar-refractivity contribution in [3.8, 4) is 0 Å². The van der Waals surface area contributed by atoms with Crippen LogP contribution >= 0.6 is 0 Å². The fourth-order valence-electron chi connectivity index (χ4n) is 1.84. The average Bonchev–Trinajstić information content (AvgIpc) is 2.35. The molecule has 0 aromatic heterocycles. The number of amides is 1. The standard InChI is InChI=1S/C13H17F3N2O/c1-2-18-12(19)10(8-17)7-9-5-3-4-6-11(9)13(14,15)16/h3-6,10H,2,7-8,17H2,1H3,(H,18,19). The second-order valence-electron chi connectivity index (χ2n) is 4.19. The van der Waals surface area contributed by atoms with Crippen LogP contribution in [0, 0.1) is 5.92 Å². The predicted molar refractivity (Wildman–Crippen MR) is 66.4 cm³/mol. The third-order valence-electron chi connectivity index (χ3n) is 2.80. The van der Waals surface area contributed by atoms with Crippen LogP contribution in [-0.2, 0) is 17.4 Å². The molecule has 0 heterocycles. The minimum Gasteiger partial charge on any atom is -0.356 e. The summed E-state index contributed by atoms with van der Waals surface area (Å²) < 4.78 is 38.5. The van der Waals surface area contributed by atoms with E-state index in [0.717, 1.165) is 6.07 Å². The molecule has 0 radical (unpaired) electrons. The lowest BCUT2D eigenvalue weighted by Gasteiger charge is -2.17. The summed E-state index contributed by atoms with van der Waals surface area (Å²) in [5, 5.41) is 2.57. The molecular weight excluding hydrogens is 257 g/mol. The Bertz CT molecular complexity index is 432. The van der Waals surface area contributed by atoms with Gasteiger partial charge < -0.3 is 11.1 Å². The van der Waals surface area contributed by atoms with E-state index in [1.807, 2.05) is 0 Å². The molecule has 0 bridgehead atoms. The summed E-state index contributed by atoms with van der Waals surface area (Å²) in [5.41, 5.74) is 4.85. The van der Waals surface area contributed by atoms with Crippen LogP contribution < -0.4 is 11.1 Å². The largest absolute Gasteiger partial charge is 0.416 e. The third-order valence-corrected chi connectivity index (χ3v) is 2.80. The monoisotopic (exact) mass is 274 g/mol. The maximum absolute atomic E-state index is 12.8. The number of benzene rings is 1. The fourth-order valence-corrected chi connectivity index (χ4v) is 1.84. The molecule has 1 aromatic carbocycles. The molecule has 1 amide bonds. The molecule has 19 heavy (non-hydrogen) atoms. The summed E-state index contributed by atoms with van der Waals surface area (Å²) >= 11 is 0. The van der Waals surface area contributed by atoms with Gasteiger partial charge in [0.05, 0.1) is 11.5 Å². The molecular formula is C13H17F3N2O. The van der Waals surface area contributed by atoms with E-state index < -0.39 is 17.7 Å². The predicted octanol–water partition coefficient (Wildman–Crippen LogP) is 1.96. The van der Waals surface area contributed by atoms with Crippen LogP contribution in [0.2, 0.25) is 0 Å². The maximum Gasteiger partial charge on any atom is 0.416 e. The first-order chi connectivity index (χ1) is 8.90. The molecule has 0 aliphatic rings. The number of hydrogen-bond donors (Lipinski definition) is 2. The van der Waals surface area contributed by atoms with Crippen molar-refractivity contribution in [1.29, 1.82) is 0 Å². The average molecular weight is 274 g/mol. The van der Waals surface area contributed by atoms with E-state index in [1.54, 1.807) is 6.92 Å². The minimum atomic E-state index is -4.42. The third kappa shape index (κ3) is 4.24. The molecule has 0 aliphatic carbocycles. The van der Waals surface area contributed by atoms with Crippen LogP contribution in [0.3, 0.4) is 0 Å². The molecule has 0 spiro atoms. The Morgan fingerprint density at radius 1 is 1.37 bits per heavy atom. The molecule has 106 valence electrons. The Kier molecular flexibility index (Phi) is 5.35. The van der Waals surface area contributed by atoms with Gasteiger partial charge in [-0.25, -0.2) is 0 Å². The topological polar surface area (TPSA) is 55.1 Å². The number of hydrogen-bond acceptors (Lipinski definition) is 2. The number of nitrogens with one attached hydrogen (secondary N) is 1.